The zero-order chi connectivity index (χ0) is 17.1. The van der Waals surface area contributed by atoms with Gasteiger partial charge in [0, 0.05) is 11.6 Å². The Hall–Kier alpha value is -2.61. The van der Waals surface area contributed by atoms with Crippen molar-refractivity contribution in [1.29, 1.82) is 0 Å². The Labute approximate surface area is 142 Å². The third-order valence-electron chi connectivity index (χ3n) is 3.23. The van der Waals surface area contributed by atoms with Gasteiger partial charge in [0.2, 0.25) is 11.8 Å². The highest BCUT2D eigenvalue weighted by Crippen LogP contribution is 2.26. The quantitative estimate of drug-likeness (QED) is 0.708. The van der Waals surface area contributed by atoms with Crippen molar-refractivity contribution < 1.29 is 13.7 Å². The average Bonchev–Trinajstić information content (AvgIpc) is 3.17. The normalized spacial score (nSPS) is 12.1. The standard InChI is InChI=1S/C16H16N4O3S/c1-9-4-6-12(7-5-9)15-18-19-16(22-15)24-11(3)14(21)17-13-8-10(2)23-20-13/h4-8,11H,1-3H3,(H,17,20,21)/t11-/m1/s1. The second-order valence-electron chi connectivity index (χ2n) is 5.31. The summed E-state index contributed by atoms with van der Waals surface area (Å²) in [7, 11) is 0. The number of aryl methyl sites for hydroxylation is 2. The molecule has 124 valence electrons. The number of hydrogen-bond acceptors (Lipinski definition) is 7. The molecule has 0 aliphatic heterocycles. The smallest absolute Gasteiger partial charge is 0.277 e. The number of carbonyl (C=O) groups is 1. The Kier molecular flexibility index (Phi) is 4.66. The van der Waals surface area contributed by atoms with Gasteiger partial charge in [0.25, 0.3) is 5.22 Å². The van der Waals surface area contributed by atoms with Crippen LogP contribution in [0.2, 0.25) is 0 Å². The van der Waals surface area contributed by atoms with Crippen molar-refractivity contribution in [3.05, 3.63) is 41.7 Å². The van der Waals surface area contributed by atoms with Crippen LogP contribution in [-0.2, 0) is 4.79 Å². The third-order valence-corrected chi connectivity index (χ3v) is 4.17. The molecule has 1 amide bonds. The molecular weight excluding hydrogens is 328 g/mol. The van der Waals surface area contributed by atoms with E-state index in [1.807, 2.05) is 31.2 Å². The van der Waals surface area contributed by atoms with Gasteiger partial charge in [-0.15, -0.1) is 10.2 Å². The minimum absolute atomic E-state index is 0.219. The average molecular weight is 344 g/mol. The fourth-order valence-electron chi connectivity index (χ4n) is 1.93. The van der Waals surface area contributed by atoms with Gasteiger partial charge in [-0.3, -0.25) is 4.79 Å². The second kappa shape index (κ2) is 6.88. The van der Waals surface area contributed by atoms with Gasteiger partial charge in [-0.2, -0.15) is 0 Å². The molecule has 0 saturated carbocycles. The van der Waals surface area contributed by atoms with Crippen molar-refractivity contribution in [3.8, 4) is 11.5 Å². The molecule has 0 unspecified atom stereocenters. The predicted molar refractivity (Wildman–Crippen MR) is 89.7 cm³/mol. The van der Waals surface area contributed by atoms with E-state index in [9.17, 15) is 4.79 Å². The molecule has 3 rings (SSSR count). The highest BCUT2D eigenvalue weighted by atomic mass is 32.2. The van der Waals surface area contributed by atoms with Crippen LogP contribution in [-0.4, -0.2) is 26.5 Å². The Morgan fingerprint density at radius 1 is 1.21 bits per heavy atom. The number of benzene rings is 1. The monoisotopic (exact) mass is 344 g/mol. The maximum absolute atomic E-state index is 12.1. The first-order chi connectivity index (χ1) is 11.5. The van der Waals surface area contributed by atoms with Crippen molar-refractivity contribution >= 4 is 23.5 Å². The first kappa shape index (κ1) is 16.3. The van der Waals surface area contributed by atoms with Crippen molar-refractivity contribution in [3.63, 3.8) is 0 Å². The minimum Gasteiger partial charge on any atom is -0.411 e. The number of nitrogens with one attached hydrogen (secondary N) is 1. The SMILES string of the molecule is Cc1ccc(-c2nnc(S[C@H](C)C(=O)Nc3cc(C)on3)o2)cc1. The van der Waals surface area contributed by atoms with E-state index in [2.05, 4.69) is 20.7 Å². The molecule has 1 atom stereocenters. The minimum atomic E-state index is -0.423. The lowest BCUT2D eigenvalue weighted by molar-refractivity contribution is -0.115. The maximum atomic E-state index is 12.1. The van der Waals surface area contributed by atoms with E-state index in [4.69, 9.17) is 8.94 Å². The van der Waals surface area contributed by atoms with Gasteiger partial charge in [-0.05, 0) is 32.9 Å². The number of nitrogens with zero attached hydrogens (tertiary/aromatic N) is 3. The number of aromatic nitrogens is 3. The first-order valence-corrected chi connectivity index (χ1v) is 8.20. The molecule has 2 aromatic heterocycles. The highest BCUT2D eigenvalue weighted by molar-refractivity contribution is 8.00. The summed E-state index contributed by atoms with van der Waals surface area (Å²) in [5, 5.41) is 14.3. The van der Waals surface area contributed by atoms with E-state index in [0.717, 1.165) is 11.1 Å². The van der Waals surface area contributed by atoms with Gasteiger partial charge in [-0.25, -0.2) is 0 Å². The highest BCUT2D eigenvalue weighted by Gasteiger charge is 2.19. The number of rotatable bonds is 5. The molecule has 0 spiro atoms. The topological polar surface area (TPSA) is 94.1 Å². The van der Waals surface area contributed by atoms with E-state index in [1.165, 1.54) is 11.8 Å². The molecule has 24 heavy (non-hydrogen) atoms. The zero-order valence-electron chi connectivity index (χ0n) is 13.4. The molecule has 2 heterocycles. The van der Waals surface area contributed by atoms with Crippen LogP contribution in [0.4, 0.5) is 5.82 Å². The fraction of sp³-hybridized carbons (Fsp3) is 0.250. The molecule has 0 aliphatic carbocycles. The van der Waals surface area contributed by atoms with Gasteiger partial charge in [0.1, 0.15) is 5.76 Å². The van der Waals surface area contributed by atoms with Crippen LogP contribution in [0.5, 0.6) is 0 Å². The van der Waals surface area contributed by atoms with Crippen LogP contribution in [0.15, 0.2) is 44.5 Å². The summed E-state index contributed by atoms with van der Waals surface area (Å²) in [5.74, 6) is 1.22. The summed E-state index contributed by atoms with van der Waals surface area (Å²) in [4.78, 5) is 12.1. The Morgan fingerprint density at radius 2 is 1.96 bits per heavy atom. The summed E-state index contributed by atoms with van der Waals surface area (Å²) in [5.41, 5.74) is 2.00. The van der Waals surface area contributed by atoms with E-state index in [1.54, 1.807) is 19.9 Å². The number of amides is 1. The summed E-state index contributed by atoms with van der Waals surface area (Å²) < 4.78 is 10.5. The van der Waals surface area contributed by atoms with Crippen LogP contribution in [0, 0.1) is 13.8 Å². The number of thioether (sulfide) groups is 1. The van der Waals surface area contributed by atoms with E-state index in [-0.39, 0.29) is 5.91 Å². The molecule has 1 aromatic carbocycles. The van der Waals surface area contributed by atoms with Crippen LogP contribution >= 0.6 is 11.8 Å². The summed E-state index contributed by atoms with van der Waals surface area (Å²) in [6.45, 7) is 5.52. The number of carbonyl (C=O) groups excluding carboxylic acids is 1. The third kappa shape index (κ3) is 3.83. The maximum Gasteiger partial charge on any atom is 0.277 e. The second-order valence-corrected chi connectivity index (χ2v) is 6.60. The molecule has 8 heteroatoms. The Bertz CT molecular complexity index is 841. The molecule has 1 N–H and O–H groups in total. The lowest BCUT2D eigenvalue weighted by Crippen LogP contribution is -2.22. The van der Waals surface area contributed by atoms with E-state index < -0.39 is 5.25 Å². The first-order valence-electron chi connectivity index (χ1n) is 7.32. The molecule has 0 radical (unpaired) electrons. The van der Waals surface area contributed by atoms with Crippen LogP contribution in [0.1, 0.15) is 18.2 Å². The van der Waals surface area contributed by atoms with Gasteiger partial charge >= 0.3 is 0 Å². The van der Waals surface area contributed by atoms with E-state index in [0.29, 0.717) is 22.7 Å². The largest absolute Gasteiger partial charge is 0.411 e. The van der Waals surface area contributed by atoms with Gasteiger partial charge in [0.05, 0.1) is 5.25 Å². The molecule has 7 nitrogen and oxygen atoms in total. The Morgan fingerprint density at radius 3 is 2.62 bits per heavy atom. The summed E-state index contributed by atoms with van der Waals surface area (Å²) >= 11 is 1.19. The van der Waals surface area contributed by atoms with Crippen molar-refractivity contribution in [1.82, 2.24) is 15.4 Å². The van der Waals surface area contributed by atoms with Gasteiger partial charge < -0.3 is 14.3 Å². The van der Waals surface area contributed by atoms with Crippen molar-refractivity contribution in [2.45, 2.75) is 31.2 Å². The van der Waals surface area contributed by atoms with Gasteiger partial charge in [0.15, 0.2) is 5.82 Å². The van der Waals surface area contributed by atoms with Crippen LogP contribution < -0.4 is 5.32 Å². The predicted octanol–water partition coefficient (Wildman–Crippen LogP) is 3.46. The lowest BCUT2D eigenvalue weighted by atomic mass is 10.1. The lowest BCUT2D eigenvalue weighted by Gasteiger charge is -2.06. The van der Waals surface area contributed by atoms with Crippen molar-refractivity contribution in [2.75, 3.05) is 5.32 Å². The van der Waals surface area contributed by atoms with Crippen LogP contribution in [0.3, 0.4) is 0 Å². The van der Waals surface area contributed by atoms with Crippen LogP contribution in [0.25, 0.3) is 11.5 Å². The zero-order valence-corrected chi connectivity index (χ0v) is 14.3. The number of hydrogen-bond donors (Lipinski definition) is 1. The van der Waals surface area contributed by atoms with Crippen molar-refractivity contribution in [2.24, 2.45) is 0 Å². The number of anilines is 1. The molecular formula is C16H16N4O3S. The van der Waals surface area contributed by atoms with E-state index >= 15 is 0 Å². The molecule has 0 bridgehead atoms. The van der Waals surface area contributed by atoms with Gasteiger partial charge in [-0.1, -0.05) is 34.6 Å². The summed E-state index contributed by atoms with van der Waals surface area (Å²) in [6, 6.07) is 9.43. The molecule has 0 aliphatic rings. The molecule has 0 fully saturated rings. The summed E-state index contributed by atoms with van der Waals surface area (Å²) in [6.07, 6.45) is 0. The molecule has 3 aromatic rings. The molecule has 0 saturated heterocycles. The fourth-order valence-corrected chi connectivity index (χ4v) is 2.61. The Balaban J connectivity index is 1.63.